The molecule has 8 bridgehead atoms. The van der Waals surface area contributed by atoms with Crippen LogP contribution in [0, 0.1) is 17.8 Å². The van der Waals surface area contributed by atoms with Gasteiger partial charge in [-0.2, -0.15) is 0 Å². The van der Waals surface area contributed by atoms with Crippen molar-refractivity contribution in [3.63, 3.8) is 0 Å². The van der Waals surface area contributed by atoms with Crippen LogP contribution < -0.4 is 5.32 Å². The quantitative estimate of drug-likeness (QED) is 0.371. The van der Waals surface area contributed by atoms with Crippen molar-refractivity contribution in [2.75, 3.05) is 0 Å². The van der Waals surface area contributed by atoms with Crippen LogP contribution in [0.1, 0.15) is 60.8 Å². The molecule has 6 nitrogen and oxygen atoms in total. The van der Waals surface area contributed by atoms with Crippen molar-refractivity contribution in [3.8, 4) is 0 Å². The van der Waals surface area contributed by atoms with Gasteiger partial charge in [-0.1, -0.05) is 33.4 Å². The Balaban J connectivity index is 1.65. The van der Waals surface area contributed by atoms with E-state index < -0.39 is 0 Å². The molecule has 204 valence electrons. The van der Waals surface area contributed by atoms with Gasteiger partial charge < -0.3 is 15.2 Å². The van der Waals surface area contributed by atoms with Crippen molar-refractivity contribution in [2.24, 2.45) is 32.7 Å². The number of aldehydes is 1. The Bertz CT molecular complexity index is 1640. The van der Waals surface area contributed by atoms with E-state index in [-0.39, 0.29) is 17.8 Å². The molecule has 3 atom stereocenters. The molecule has 5 aliphatic heterocycles. The van der Waals surface area contributed by atoms with Gasteiger partial charge in [0, 0.05) is 52.3 Å². The van der Waals surface area contributed by atoms with E-state index in [0.29, 0.717) is 12.2 Å². The van der Waals surface area contributed by atoms with Crippen LogP contribution in [0.4, 0.5) is 0 Å². The summed E-state index contributed by atoms with van der Waals surface area (Å²) in [5.74, 6) is 0.402. The summed E-state index contributed by atoms with van der Waals surface area (Å²) in [7, 11) is 0. The summed E-state index contributed by atoms with van der Waals surface area (Å²) in [6.07, 6.45) is 11.2. The normalized spacial score (nSPS) is 27.2. The maximum Gasteiger partial charge on any atom is 0.120 e. The van der Waals surface area contributed by atoms with Crippen molar-refractivity contribution in [3.05, 3.63) is 104 Å². The van der Waals surface area contributed by atoms with E-state index >= 15 is 0 Å². The van der Waals surface area contributed by atoms with E-state index in [1.54, 1.807) is 0 Å². The number of hydrogen-bond donors (Lipinski definition) is 2. The summed E-state index contributed by atoms with van der Waals surface area (Å²) in [4.78, 5) is 26.7. The molecule has 5 heterocycles. The van der Waals surface area contributed by atoms with Crippen LogP contribution in [0.5, 0.6) is 0 Å². The number of nitrogens with zero attached hydrogens (tertiary/aromatic N) is 3. The molecule has 3 unspecified atom stereocenters. The molecule has 1 fully saturated rings. The van der Waals surface area contributed by atoms with Crippen LogP contribution in [0.15, 0.2) is 119 Å². The van der Waals surface area contributed by atoms with Crippen LogP contribution in [0.2, 0.25) is 0 Å². The fourth-order valence-electron chi connectivity index (χ4n) is 6.89. The minimum Gasteiger partial charge on any atom is -0.511 e. The molecule has 2 N–H and O–H groups in total. The molecule has 1 aliphatic carbocycles. The topological polar surface area (TPSA) is 86.4 Å². The first-order chi connectivity index (χ1) is 19.2. The summed E-state index contributed by atoms with van der Waals surface area (Å²) in [5.41, 5.74) is 14.6. The van der Waals surface area contributed by atoms with Crippen LogP contribution >= 0.6 is 0 Å². The standard InChI is InChI=1S/C34H36N4O2/c1-8-21-16(3)24-13-26-18(5)23(11-10-12-39)32(37-26)30-20(7)34(40)31-19(6)27(38-33(30)31)15-29-22(9-2)17(4)25(36-29)14-28(21)35-24/h8,12-15,18,20,23,37,40H,1,9-11H2,2-7H3. The third-order valence-electron chi connectivity index (χ3n) is 9.30. The largest absolute Gasteiger partial charge is 0.511 e. The van der Waals surface area contributed by atoms with Gasteiger partial charge in [-0.3, -0.25) is 0 Å². The molecule has 40 heavy (non-hydrogen) atoms. The molecule has 0 spiro atoms. The van der Waals surface area contributed by atoms with Gasteiger partial charge in [-0.05, 0) is 74.1 Å². The number of carbonyl (C=O) groups excluding carboxylic acids is 1. The van der Waals surface area contributed by atoms with Gasteiger partial charge in [-0.25, -0.2) is 15.0 Å². The predicted molar refractivity (Wildman–Crippen MR) is 162 cm³/mol. The molecule has 0 aromatic carbocycles. The second-order valence-electron chi connectivity index (χ2n) is 11.4. The van der Waals surface area contributed by atoms with Gasteiger partial charge in [0.2, 0.25) is 0 Å². The van der Waals surface area contributed by atoms with Crippen LogP contribution in [0.25, 0.3) is 0 Å². The van der Waals surface area contributed by atoms with E-state index in [1.165, 1.54) is 5.57 Å². The molecule has 0 aromatic rings. The second kappa shape index (κ2) is 9.54. The Labute approximate surface area is 236 Å². The average Bonchev–Trinajstić information content (AvgIpc) is 3.65. The fourth-order valence-corrected chi connectivity index (χ4v) is 6.89. The Hall–Kier alpha value is -4.06. The molecule has 0 radical (unpaired) electrons. The van der Waals surface area contributed by atoms with Crippen LogP contribution in [-0.2, 0) is 4.79 Å². The molecule has 6 aliphatic rings. The third-order valence-corrected chi connectivity index (χ3v) is 9.30. The van der Waals surface area contributed by atoms with E-state index in [9.17, 15) is 9.90 Å². The third kappa shape index (κ3) is 3.69. The zero-order valence-corrected chi connectivity index (χ0v) is 24.1. The lowest BCUT2D eigenvalue weighted by molar-refractivity contribution is -0.108. The minimum absolute atomic E-state index is 0.0983. The molecular weight excluding hydrogens is 496 g/mol. The number of aliphatic hydroxyl groups excluding tert-OH is 1. The highest BCUT2D eigenvalue weighted by Crippen LogP contribution is 2.48. The number of aliphatic hydroxyl groups is 1. The lowest BCUT2D eigenvalue weighted by Gasteiger charge is -2.19. The fraction of sp³-hybridized carbons (Fsp3) is 0.353. The van der Waals surface area contributed by atoms with Gasteiger partial charge in [0.25, 0.3) is 0 Å². The summed E-state index contributed by atoms with van der Waals surface area (Å²) >= 11 is 0. The van der Waals surface area contributed by atoms with Gasteiger partial charge >= 0.3 is 0 Å². The number of carbonyl (C=O) groups is 1. The van der Waals surface area contributed by atoms with Crippen LogP contribution in [0.3, 0.4) is 0 Å². The Morgan fingerprint density at radius 2 is 1.73 bits per heavy atom. The summed E-state index contributed by atoms with van der Waals surface area (Å²) in [5, 5.41) is 15.1. The highest BCUT2D eigenvalue weighted by Gasteiger charge is 2.44. The lowest BCUT2D eigenvalue weighted by Crippen LogP contribution is -2.17. The summed E-state index contributed by atoms with van der Waals surface area (Å²) in [6.45, 7) is 16.7. The lowest BCUT2D eigenvalue weighted by atomic mass is 9.85. The first kappa shape index (κ1) is 26.2. The van der Waals surface area contributed by atoms with E-state index in [1.807, 2.05) is 19.9 Å². The Morgan fingerprint density at radius 1 is 1.00 bits per heavy atom. The van der Waals surface area contributed by atoms with Crippen LogP contribution in [-0.4, -0.2) is 28.5 Å². The minimum atomic E-state index is -0.193. The zero-order chi connectivity index (χ0) is 28.5. The van der Waals surface area contributed by atoms with E-state index in [4.69, 9.17) is 15.0 Å². The number of rotatable bonds is 5. The first-order valence-corrected chi connectivity index (χ1v) is 14.2. The van der Waals surface area contributed by atoms with Gasteiger partial charge in [0.1, 0.15) is 12.0 Å². The number of hydrogen-bond acceptors (Lipinski definition) is 6. The Kier molecular flexibility index (Phi) is 6.25. The average molecular weight is 533 g/mol. The number of fused-ring (bicyclic) bond motifs is 5. The molecule has 1 saturated heterocycles. The van der Waals surface area contributed by atoms with E-state index in [0.717, 1.165) is 98.2 Å². The van der Waals surface area contributed by atoms with Crippen molar-refractivity contribution >= 4 is 23.4 Å². The molecule has 0 aromatic heterocycles. The van der Waals surface area contributed by atoms with Gasteiger partial charge in [0.05, 0.1) is 34.2 Å². The second-order valence-corrected chi connectivity index (χ2v) is 11.4. The number of aliphatic imine (C=N–C) groups is 3. The van der Waals surface area contributed by atoms with Gasteiger partial charge in [-0.15, -0.1) is 0 Å². The molecule has 6 heteroatoms. The Morgan fingerprint density at radius 3 is 2.42 bits per heavy atom. The number of allylic oxidation sites excluding steroid dienone is 12. The highest BCUT2D eigenvalue weighted by molar-refractivity contribution is 6.21. The summed E-state index contributed by atoms with van der Waals surface area (Å²) in [6, 6.07) is 0. The predicted octanol–water partition coefficient (Wildman–Crippen LogP) is 7.07. The molecule has 0 amide bonds. The molecule has 0 saturated carbocycles. The monoisotopic (exact) mass is 532 g/mol. The van der Waals surface area contributed by atoms with Crippen molar-refractivity contribution in [1.82, 2.24) is 5.32 Å². The van der Waals surface area contributed by atoms with Gasteiger partial charge in [0.15, 0.2) is 0 Å². The maximum absolute atomic E-state index is 11.4. The van der Waals surface area contributed by atoms with Crippen molar-refractivity contribution in [2.45, 2.75) is 60.8 Å². The molecular formula is C34H36N4O2. The SMILES string of the molecule is C=CC1=C(C)C2=NC1=CC1=NC(=CC3=C(C)C4=C(O)C(C)C(=C5NC(=C2)C(C)C5CCC=O)C4=N3)C(CC)=C1C. The smallest absolute Gasteiger partial charge is 0.120 e. The first-order valence-electron chi connectivity index (χ1n) is 14.2. The van der Waals surface area contributed by atoms with E-state index in [2.05, 4.69) is 57.8 Å². The summed E-state index contributed by atoms with van der Waals surface area (Å²) < 4.78 is 0. The zero-order valence-electron chi connectivity index (χ0n) is 24.1. The maximum atomic E-state index is 11.4. The van der Waals surface area contributed by atoms with Crippen molar-refractivity contribution < 1.29 is 9.90 Å². The highest BCUT2D eigenvalue weighted by atomic mass is 16.3. The number of nitrogens with one attached hydrogen (secondary N) is 1. The molecule has 6 rings (SSSR count). The van der Waals surface area contributed by atoms with Crippen molar-refractivity contribution in [1.29, 1.82) is 0 Å².